The molecule has 150 valence electrons. The van der Waals surface area contributed by atoms with Crippen molar-refractivity contribution in [1.82, 2.24) is 15.1 Å². The molecule has 1 aromatic carbocycles. The molecule has 0 saturated carbocycles. The SMILES string of the molecule is CC(Sc1nnc(CN2CCCC2=O)o1)C(=O)Nc1ccc(C(C)(C)C)cc1. The fourth-order valence-electron chi connectivity index (χ4n) is 2.89. The van der Waals surface area contributed by atoms with Gasteiger partial charge in [-0.3, -0.25) is 9.59 Å². The van der Waals surface area contributed by atoms with E-state index in [9.17, 15) is 9.59 Å². The molecule has 28 heavy (non-hydrogen) atoms. The first-order valence-corrected chi connectivity index (χ1v) is 10.3. The van der Waals surface area contributed by atoms with Gasteiger partial charge in [-0.1, -0.05) is 44.7 Å². The molecule has 2 aromatic rings. The van der Waals surface area contributed by atoms with Gasteiger partial charge < -0.3 is 14.6 Å². The molecule has 1 atom stereocenters. The summed E-state index contributed by atoms with van der Waals surface area (Å²) < 4.78 is 5.58. The number of thioether (sulfide) groups is 1. The molecule has 3 rings (SSSR count). The fourth-order valence-corrected chi connectivity index (χ4v) is 3.59. The van der Waals surface area contributed by atoms with Gasteiger partial charge in [-0.2, -0.15) is 0 Å². The lowest BCUT2D eigenvalue weighted by Crippen LogP contribution is -2.23. The summed E-state index contributed by atoms with van der Waals surface area (Å²) >= 11 is 1.20. The van der Waals surface area contributed by atoms with E-state index in [0.717, 1.165) is 18.7 Å². The molecule has 8 heteroatoms. The molecule has 1 aromatic heterocycles. The zero-order chi connectivity index (χ0) is 20.3. The molecule has 1 aliphatic rings. The molecule has 0 spiro atoms. The number of hydrogen-bond acceptors (Lipinski definition) is 6. The van der Waals surface area contributed by atoms with E-state index in [1.165, 1.54) is 17.3 Å². The van der Waals surface area contributed by atoms with E-state index in [-0.39, 0.29) is 17.2 Å². The van der Waals surface area contributed by atoms with Gasteiger partial charge in [0.1, 0.15) is 0 Å². The van der Waals surface area contributed by atoms with Crippen LogP contribution >= 0.6 is 11.8 Å². The van der Waals surface area contributed by atoms with Crippen molar-refractivity contribution >= 4 is 29.3 Å². The Balaban J connectivity index is 1.53. The Labute approximate surface area is 169 Å². The van der Waals surface area contributed by atoms with Crippen LogP contribution in [0.25, 0.3) is 0 Å². The zero-order valence-corrected chi connectivity index (χ0v) is 17.5. The van der Waals surface area contributed by atoms with E-state index in [1.807, 2.05) is 24.3 Å². The van der Waals surface area contributed by atoms with Crippen LogP contribution in [0.5, 0.6) is 0 Å². The molecule has 1 fully saturated rings. The van der Waals surface area contributed by atoms with Crippen molar-refractivity contribution in [3.05, 3.63) is 35.7 Å². The lowest BCUT2D eigenvalue weighted by Gasteiger charge is -2.19. The van der Waals surface area contributed by atoms with Crippen molar-refractivity contribution < 1.29 is 14.0 Å². The number of nitrogens with one attached hydrogen (secondary N) is 1. The molecule has 2 amide bonds. The van der Waals surface area contributed by atoms with Crippen LogP contribution in [-0.4, -0.2) is 38.7 Å². The van der Waals surface area contributed by atoms with E-state index in [0.29, 0.717) is 24.1 Å². The summed E-state index contributed by atoms with van der Waals surface area (Å²) in [5.41, 5.74) is 2.04. The van der Waals surface area contributed by atoms with Gasteiger partial charge in [-0.15, -0.1) is 10.2 Å². The highest BCUT2D eigenvalue weighted by molar-refractivity contribution is 8.00. The summed E-state index contributed by atoms with van der Waals surface area (Å²) in [4.78, 5) is 25.8. The Hall–Kier alpha value is -2.35. The predicted molar refractivity (Wildman–Crippen MR) is 108 cm³/mol. The van der Waals surface area contributed by atoms with E-state index in [1.54, 1.807) is 11.8 Å². The van der Waals surface area contributed by atoms with Crippen molar-refractivity contribution in [2.75, 3.05) is 11.9 Å². The number of rotatable bonds is 6. The second kappa shape index (κ2) is 8.34. The highest BCUT2D eigenvalue weighted by atomic mass is 32.2. The third-order valence-electron chi connectivity index (χ3n) is 4.61. The molecule has 7 nitrogen and oxygen atoms in total. The number of carbonyl (C=O) groups excluding carboxylic acids is 2. The van der Waals surface area contributed by atoms with Gasteiger partial charge in [0.05, 0.1) is 11.8 Å². The first kappa shape index (κ1) is 20.4. The second-order valence-corrected chi connectivity index (χ2v) is 9.25. The third kappa shape index (κ3) is 5.13. The standard InChI is InChI=1S/C20H26N4O3S/c1-13(18(26)21-15-9-7-14(8-10-15)20(2,3)4)28-19-23-22-16(27-19)12-24-11-5-6-17(24)25/h7-10,13H,5-6,11-12H2,1-4H3,(H,21,26). The van der Waals surface area contributed by atoms with Gasteiger partial charge in [0.25, 0.3) is 5.22 Å². The van der Waals surface area contributed by atoms with Crippen molar-refractivity contribution in [3.8, 4) is 0 Å². The molecule has 2 heterocycles. The largest absolute Gasteiger partial charge is 0.414 e. The van der Waals surface area contributed by atoms with Gasteiger partial charge >= 0.3 is 0 Å². The van der Waals surface area contributed by atoms with Crippen LogP contribution in [0.3, 0.4) is 0 Å². The molecule has 1 saturated heterocycles. The summed E-state index contributed by atoms with van der Waals surface area (Å²) in [6.45, 7) is 9.29. The third-order valence-corrected chi connectivity index (χ3v) is 5.55. The number of nitrogens with zero attached hydrogens (tertiary/aromatic N) is 3. The van der Waals surface area contributed by atoms with Crippen molar-refractivity contribution in [2.24, 2.45) is 0 Å². The lowest BCUT2D eigenvalue weighted by molar-refractivity contribution is -0.128. The summed E-state index contributed by atoms with van der Waals surface area (Å²) in [6.07, 6.45) is 1.44. The number of likely N-dealkylation sites (tertiary alicyclic amines) is 1. The minimum atomic E-state index is -0.399. The fraction of sp³-hybridized carbons (Fsp3) is 0.500. The number of benzene rings is 1. The highest BCUT2D eigenvalue weighted by Crippen LogP contribution is 2.26. The van der Waals surface area contributed by atoms with Crippen LogP contribution in [0.2, 0.25) is 0 Å². The Kier molecular flexibility index (Phi) is 6.07. The summed E-state index contributed by atoms with van der Waals surface area (Å²) in [5.74, 6) is 0.365. The van der Waals surface area contributed by atoms with E-state index in [2.05, 4.69) is 36.3 Å². The average Bonchev–Trinajstić information content (AvgIpc) is 3.24. The Morgan fingerprint density at radius 3 is 2.61 bits per heavy atom. The molecular weight excluding hydrogens is 376 g/mol. The first-order chi connectivity index (χ1) is 13.2. The highest BCUT2D eigenvalue weighted by Gasteiger charge is 2.23. The van der Waals surface area contributed by atoms with Crippen LogP contribution in [-0.2, 0) is 21.5 Å². The van der Waals surface area contributed by atoms with Gasteiger partial charge in [0, 0.05) is 18.7 Å². The maximum Gasteiger partial charge on any atom is 0.277 e. The van der Waals surface area contributed by atoms with Gasteiger partial charge in [-0.05, 0) is 36.5 Å². The summed E-state index contributed by atoms with van der Waals surface area (Å²) in [7, 11) is 0. The van der Waals surface area contributed by atoms with Crippen molar-refractivity contribution in [1.29, 1.82) is 0 Å². The predicted octanol–water partition coefficient (Wildman–Crippen LogP) is 3.61. The number of carbonyl (C=O) groups is 2. The molecular formula is C20H26N4O3S. The zero-order valence-electron chi connectivity index (χ0n) is 16.7. The van der Waals surface area contributed by atoms with Gasteiger partial charge in [-0.25, -0.2) is 0 Å². The Morgan fingerprint density at radius 2 is 2.00 bits per heavy atom. The smallest absolute Gasteiger partial charge is 0.277 e. The Bertz CT molecular complexity index is 842. The molecule has 0 aliphatic carbocycles. The monoisotopic (exact) mass is 402 g/mol. The lowest BCUT2D eigenvalue weighted by atomic mass is 9.87. The molecule has 1 unspecified atom stereocenters. The number of aromatic nitrogens is 2. The van der Waals surface area contributed by atoms with Crippen molar-refractivity contribution in [2.45, 2.75) is 63.0 Å². The van der Waals surface area contributed by atoms with Crippen LogP contribution in [0, 0.1) is 0 Å². The molecule has 0 radical (unpaired) electrons. The summed E-state index contributed by atoms with van der Waals surface area (Å²) in [6, 6.07) is 7.87. The average molecular weight is 403 g/mol. The molecule has 1 aliphatic heterocycles. The normalized spacial score (nSPS) is 15.7. The number of hydrogen-bond donors (Lipinski definition) is 1. The first-order valence-electron chi connectivity index (χ1n) is 9.40. The minimum Gasteiger partial charge on any atom is -0.414 e. The van der Waals surface area contributed by atoms with Gasteiger partial charge in [0.2, 0.25) is 17.7 Å². The topological polar surface area (TPSA) is 88.3 Å². The quantitative estimate of drug-likeness (QED) is 0.743. The summed E-state index contributed by atoms with van der Waals surface area (Å²) in [5, 5.41) is 10.8. The van der Waals surface area contributed by atoms with Crippen LogP contribution < -0.4 is 5.32 Å². The van der Waals surface area contributed by atoms with E-state index >= 15 is 0 Å². The van der Waals surface area contributed by atoms with E-state index in [4.69, 9.17) is 4.42 Å². The van der Waals surface area contributed by atoms with Crippen LogP contribution in [0.15, 0.2) is 33.9 Å². The van der Waals surface area contributed by atoms with Crippen molar-refractivity contribution in [3.63, 3.8) is 0 Å². The van der Waals surface area contributed by atoms with Crippen LogP contribution in [0.1, 0.15) is 52.0 Å². The maximum absolute atomic E-state index is 12.5. The molecule has 1 N–H and O–H groups in total. The maximum atomic E-state index is 12.5. The minimum absolute atomic E-state index is 0.0705. The van der Waals surface area contributed by atoms with Gasteiger partial charge in [0.15, 0.2) is 0 Å². The van der Waals surface area contributed by atoms with Crippen LogP contribution in [0.4, 0.5) is 5.69 Å². The van der Waals surface area contributed by atoms with E-state index < -0.39 is 5.25 Å². The number of anilines is 1. The number of amides is 2. The molecule has 0 bridgehead atoms. The Morgan fingerprint density at radius 1 is 1.29 bits per heavy atom. The second-order valence-electron chi connectivity index (χ2n) is 7.96.